The van der Waals surface area contributed by atoms with Crippen LogP contribution in [0.5, 0.6) is 0 Å². The molecule has 1 aliphatic heterocycles. The molecule has 1 saturated heterocycles. The Morgan fingerprint density at radius 3 is 2.44 bits per heavy atom. The number of carbonyl (C=O) groups excluding carboxylic acids is 2. The van der Waals surface area contributed by atoms with E-state index in [0.29, 0.717) is 10.6 Å². The summed E-state index contributed by atoms with van der Waals surface area (Å²) in [6.07, 6.45) is 0. The molecular formula is C21H20ClNO4. The molecule has 1 fully saturated rings. The van der Waals surface area contributed by atoms with Crippen LogP contribution in [0.4, 0.5) is 0 Å². The second-order valence-corrected chi connectivity index (χ2v) is 6.79. The van der Waals surface area contributed by atoms with Gasteiger partial charge in [0, 0.05) is 24.2 Å². The molecule has 1 heterocycles. The highest BCUT2D eigenvalue weighted by atomic mass is 35.5. The Kier molecular flexibility index (Phi) is 5.63. The van der Waals surface area contributed by atoms with Crippen LogP contribution >= 0.6 is 11.6 Å². The van der Waals surface area contributed by atoms with Crippen molar-refractivity contribution in [3.8, 4) is 0 Å². The summed E-state index contributed by atoms with van der Waals surface area (Å²) in [6, 6.07) is 13.3. The Balaban J connectivity index is 2.18. The summed E-state index contributed by atoms with van der Waals surface area (Å²) in [5, 5.41) is 11.4. The van der Waals surface area contributed by atoms with Crippen LogP contribution in [0.25, 0.3) is 5.76 Å². The van der Waals surface area contributed by atoms with Crippen molar-refractivity contribution in [1.29, 1.82) is 0 Å². The summed E-state index contributed by atoms with van der Waals surface area (Å²) in [5.41, 5.74) is 2.23. The molecule has 0 radical (unpaired) electrons. The van der Waals surface area contributed by atoms with Crippen molar-refractivity contribution in [3.05, 3.63) is 75.8 Å². The normalized spacial score (nSPS) is 18.9. The molecule has 2 aromatic rings. The maximum absolute atomic E-state index is 12.8. The Labute approximate surface area is 162 Å². The zero-order valence-corrected chi connectivity index (χ0v) is 15.9. The highest BCUT2D eigenvalue weighted by Crippen LogP contribution is 2.40. The fourth-order valence-corrected chi connectivity index (χ4v) is 3.41. The first-order valence-electron chi connectivity index (χ1n) is 8.54. The zero-order chi connectivity index (χ0) is 19.6. The maximum atomic E-state index is 12.8. The maximum Gasteiger partial charge on any atom is 0.295 e. The number of rotatable bonds is 5. The van der Waals surface area contributed by atoms with Gasteiger partial charge >= 0.3 is 0 Å². The summed E-state index contributed by atoms with van der Waals surface area (Å²) >= 11 is 5.91. The largest absolute Gasteiger partial charge is 0.507 e. The number of ether oxygens (including phenoxy) is 1. The number of benzene rings is 2. The number of methoxy groups -OCH3 is 1. The van der Waals surface area contributed by atoms with E-state index in [4.69, 9.17) is 16.3 Å². The van der Waals surface area contributed by atoms with E-state index in [0.717, 1.165) is 11.1 Å². The lowest BCUT2D eigenvalue weighted by molar-refractivity contribution is -0.140. The van der Waals surface area contributed by atoms with Crippen LogP contribution in [-0.4, -0.2) is 42.0 Å². The number of hydrogen-bond donors (Lipinski definition) is 1. The number of amides is 1. The lowest BCUT2D eigenvalue weighted by Gasteiger charge is -2.26. The molecule has 1 unspecified atom stereocenters. The first kappa shape index (κ1) is 19.1. The molecule has 27 heavy (non-hydrogen) atoms. The van der Waals surface area contributed by atoms with Gasteiger partial charge in [0.05, 0.1) is 18.2 Å². The number of aliphatic hydroxyl groups is 1. The second kappa shape index (κ2) is 7.94. The van der Waals surface area contributed by atoms with Gasteiger partial charge in [-0.05, 0) is 42.3 Å². The van der Waals surface area contributed by atoms with Crippen LogP contribution < -0.4 is 0 Å². The highest BCUT2D eigenvalue weighted by molar-refractivity contribution is 6.46. The van der Waals surface area contributed by atoms with Crippen molar-refractivity contribution in [2.45, 2.75) is 13.0 Å². The van der Waals surface area contributed by atoms with Crippen LogP contribution in [-0.2, 0) is 14.3 Å². The summed E-state index contributed by atoms with van der Waals surface area (Å²) in [5.74, 6) is -1.55. The zero-order valence-electron chi connectivity index (χ0n) is 15.1. The van der Waals surface area contributed by atoms with E-state index in [1.807, 2.05) is 31.2 Å². The van der Waals surface area contributed by atoms with E-state index in [9.17, 15) is 14.7 Å². The molecule has 3 rings (SSSR count). The van der Waals surface area contributed by atoms with Gasteiger partial charge in [-0.15, -0.1) is 0 Å². The second-order valence-electron chi connectivity index (χ2n) is 6.35. The Morgan fingerprint density at radius 1 is 1.15 bits per heavy atom. The van der Waals surface area contributed by atoms with Gasteiger partial charge in [0.2, 0.25) is 0 Å². The van der Waals surface area contributed by atoms with Crippen LogP contribution in [0.2, 0.25) is 5.02 Å². The minimum absolute atomic E-state index is 0.0766. The van der Waals surface area contributed by atoms with Gasteiger partial charge in [-0.25, -0.2) is 0 Å². The van der Waals surface area contributed by atoms with Crippen LogP contribution in [0.15, 0.2) is 54.1 Å². The fourth-order valence-electron chi connectivity index (χ4n) is 3.28. The van der Waals surface area contributed by atoms with E-state index in [1.165, 1.54) is 12.0 Å². The molecule has 1 aliphatic rings. The van der Waals surface area contributed by atoms with Crippen LogP contribution in [0.1, 0.15) is 22.7 Å². The number of carbonyl (C=O) groups is 2. The Hall–Kier alpha value is -2.63. The predicted octanol–water partition coefficient (Wildman–Crippen LogP) is 3.72. The molecule has 0 aliphatic carbocycles. The van der Waals surface area contributed by atoms with E-state index >= 15 is 0 Å². The van der Waals surface area contributed by atoms with Gasteiger partial charge in [0.25, 0.3) is 11.7 Å². The molecule has 1 amide bonds. The van der Waals surface area contributed by atoms with E-state index in [-0.39, 0.29) is 24.5 Å². The minimum atomic E-state index is -0.702. The summed E-state index contributed by atoms with van der Waals surface area (Å²) in [4.78, 5) is 26.9. The van der Waals surface area contributed by atoms with Gasteiger partial charge < -0.3 is 14.7 Å². The lowest BCUT2D eigenvalue weighted by Crippen LogP contribution is -2.32. The number of hydrogen-bond acceptors (Lipinski definition) is 4. The SMILES string of the molecule is COCCN1C(=O)C(=O)/C(=C(\O)c2ccc(Cl)cc2)C1c1ccccc1C. The van der Waals surface area contributed by atoms with Crippen molar-refractivity contribution in [1.82, 2.24) is 4.90 Å². The van der Waals surface area contributed by atoms with E-state index < -0.39 is 17.7 Å². The van der Waals surface area contributed by atoms with Gasteiger partial charge in [-0.2, -0.15) is 0 Å². The van der Waals surface area contributed by atoms with Crippen molar-refractivity contribution < 1.29 is 19.4 Å². The van der Waals surface area contributed by atoms with Crippen molar-refractivity contribution in [3.63, 3.8) is 0 Å². The summed E-state index contributed by atoms with van der Waals surface area (Å²) < 4.78 is 5.10. The average molecular weight is 386 g/mol. The van der Waals surface area contributed by atoms with Crippen LogP contribution in [0, 0.1) is 6.92 Å². The molecule has 0 bridgehead atoms. The topological polar surface area (TPSA) is 66.8 Å². The molecule has 0 saturated carbocycles. The van der Waals surface area contributed by atoms with Gasteiger partial charge in [-0.3, -0.25) is 9.59 Å². The standard InChI is InChI=1S/C21H20ClNO4/c1-13-5-3-4-6-16(13)18-17(19(24)14-7-9-15(22)10-8-14)20(25)21(26)23(18)11-12-27-2/h3-10,18,24H,11-12H2,1-2H3/b19-17-. The number of halogens is 1. The molecule has 0 aromatic heterocycles. The van der Waals surface area contributed by atoms with Crippen LogP contribution in [0.3, 0.4) is 0 Å². The van der Waals surface area contributed by atoms with Crippen molar-refractivity contribution >= 4 is 29.1 Å². The number of likely N-dealkylation sites (tertiary alicyclic amines) is 1. The Morgan fingerprint density at radius 2 is 1.81 bits per heavy atom. The molecule has 140 valence electrons. The number of aryl methyl sites for hydroxylation is 1. The summed E-state index contributed by atoms with van der Waals surface area (Å²) in [6.45, 7) is 2.45. The predicted molar refractivity (Wildman–Crippen MR) is 104 cm³/mol. The molecule has 0 spiro atoms. The van der Waals surface area contributed by atoms with E-state index in [1.54, 1.807) is 24.3 Å². The quantitative estimate of drug-likeness (QED) is 0.484. The third kappa shape index (κ3) is 3.61. The van der Waals surface area contributed by atoms with Gasteiger partial charge in [0.1, 0.15) is 5.76 Å². The lowest BCUT2D eigenvalue weighted by atomic mass is 9.92. The molecule has 5 nitrogen and oxygen atoms in total. The average Bonchev–Trinajstić information content (AvgIpc) is 2.91. The van der Waals surface area contributed by atoms with Gasteiger partial charge in [-0.1, -0.05) is 35.9 Å². The molecular weight excluding hydrogens is 366 g/mol. The third-order valence-electron chi connectivity index (χ3n) is 4.68. The van der Waals surface area contributed by atoms with Gasteiger partial charge in [0.15, 0.2) is 0 Å². The number of aliphatic hydroxyl groups excluding tert-OH is 1. The number of Topliss-reactive ketones (excluding diaryl/α,β-unsaturated/α-hetero) is 1. The number of ketones is 1. The smallest absolute Gasteiger partial charge is 0.295 e. The Bertz CT molecular complexity index is 905. The molecule has 1 N–H and O–H groups in total. The minimum Gasteiger partial charge on any atom is -0.507 e. The third-order valence-corrected chi connectivity index (χ3v) is 4.93. The van der Waals surface area contributed by atoms with E-state index in [2.05, 4.69) is 0 Å². The first-order chi connectivity index (χ1) is 13.0. The van der Waals surface area contributed by atoms with Crippen molar-refractivity contribution in [2.75, 3.05) is 20.3 Å². The molecule has 6 heteroatoms. The summed E-state index contributed by atoms with van der Waals surface area (Å²) in [7, 11) is 1.53. The molecule has 1 atom stereocenters. The number of nitrogens with zero attached hydrogens (tertiary/aromatic N) is 1. The first-order valence-corrected chi connectivity index (χ1v) is 8.92. The monoisotopic (exact) mass is 385 g/mol. The fraction of sp³-hybridized carbons (Fsp3) is 0.238. The molecule has 2 aromatic carbocycles. The van der Waals surface area contributed by atoms with Crippen molar-refractivity contribution in [2.24, 2.45) is 0 Å². The highest BCUT2D eigenvalue weighted by Gasteiger charge is 2.46.